The molecule has 1 aliphatic heterocycles. The third-order valence-corrected chi connectivity index (χ3v) is 5.02. The third-order valence-electron chi connectivity index (χ3n) is 5.02. The van der Waals surface area contributed by atoms with Crippen LogP contribution in [0.2, 0.25) is 0 Å². The first-order valence-electron chi connectivity index (χ1n) is 10.3. The van der Waals surface area contributed by atoms with Gasteiger partial charge in [-0.05, 0) is 41.5 Å². The number of hydrogen-bond acceptors (Lipinski definition) is 8. The van der Waals surface area contributed by atoms with Gasteiger partial charge in [0, 0.05) is 12.1 Å². The maximum atomic E-state index is 12.8. The number of rotatable bonds is 8. The molecular weight excluding hydrogens is 458 g/mol. The largest absolute Gasteiger partial charge is 0.489 e. The van der Waals surface area contributed by atoms with Crippen molar-refractivity contribution >= 4 is 29.7 Å². The first-order chi connectivity index (χ1) is 16.8. The molecule has 11 heteroatoms. The minimum atomic E-state index is -0.665. The number of amides is 3. The zero-order chi connectivity index (χ0) is 24.9. The fourth-order valence-corrected chi connectivity index (χ4v) is 3.33. The lowest BCUT2D eigenvalue weighted by molar-refractivity contribution is -0.384. The van der Waals surface area contributed by atoms with Crippen LogP contribution >= 0.6 is 0 Å². The quantitative estimate of drug-likeness (QED) is 0.170. The number of nitro groups is 1. The summed E-state index contributed by atoms with van der Waals surface area (Å²) in [5, 5.41) is 13.4. The van der Waals surface area contributed by atoms with E-state index in [4.69, 9.17) is 9.15 Å². The number of urea groups is 1. The number of methoxy groups -OCH3 is 1. The Morgan fingerprint density at radius 3 is 2.71 bits per heavy atom. The van der Waals surface area contributed by atoms with Gasteiger partial charge in [0.2, 0.25) is 5.76 Å². The van der Waals surface area contributed by atoms with Crippen molar-refractivity contribution in [2.45, 2.75) is 13.2 Å². The fourth-order valence-electron chi connectivity index (χ4n) is 3.33. The number of hydrogen-bond donors (Lipinski definition) is 1. The van der Waals surface area contributed by atoms with Gasteiger partial charge in [-0.3, -0.25) is 19.8 Å². The van der Waals surface area contributed by atoms with Gasteiger partial charge in [0.1, 0.15) is 23.8 Å². The van der Waals surface area contributed by atoms with Crippen LogP contribution in [0.5, 0.6) is 5.75 Å². The van der Waals surface area contributed by atoms with Gasteiger partial charge in [-0.2, -0.15) is 0 Å². The maximum absolute atomic E-state index is 12.8. The topological polar surface area (TPSA) is 141 Å². The van der Waals surface area contributed by atoms with Gasteiger partial charge < -0.3 is 19.2 Å². The van der Waals surface area contributed by atoms with E-state index in [0.717, 1.165) is 4.90 Å². The van der Waals surface area contributed by atoms with Crippen LogP contribution in [-0.2, 0) is 22.7 Å². The number of imide groups is 1. The van der Waals surface area contributed by atoms with E-state index in [9.17, 15) is 24.5 Å². The highest BCUT2D eigenvalue weighted by atomic mass is 16.6. The lowest BCUT2D eigenvalue weighted by Crippen LogP contribution is -2.30. The van der Waals surface area contributed by atoms with Crippen LogP contribution in [0.15, 0.2) is 70.8 Å². The minimum Gasteiger partial charge on any atom is -0.489 e. The van der Waals surface area contributed by atoms with Crippen molar-refractivity contribution in [1.82, 2.24) is 10.2 Å². The summed E-state index contributed by atoms with van der Waals surface area (Å²) in [6.45, 7) is -0.0484. The molecule has 0 bridgehead atoms. The first kappa shape index (κ1) is 23.2. The summed E-state index contributed by atoms with van der Waals surface area (Å²) in [5.74, 6) is -0.542. The second-order valence-electron chi connectivity index (χ2n) is 7.43. The molecule has 3 amide bonds. The number of nitrogens with zero attached hydrogens (tertiary/aromatic N) is 2. The van der Waals surface area contributed by atoms with E-state index in [0.29, 0.717) is 16.9 Å². The lowest BCUT2D eigenvalue weighted by atomic mass is 10.1. The van der Waals surface area contributed by atoms with Crippen molar-refractivity contribution in [2.75, 3.05) is 7.11 Å². The molecule has 0 aliphatic carbocycles. The maximum Gasteiger partial charge on any atom is 0.373 e. The zero-order valence-corrected chi connectivity index (χ0v) is 18.4. The van der Waals surface area contributed by atoms with Gasteiger partial charge in [-0.1, -0.05) is 24.3 Å². The van der Waals surface area contributed by atoms with Crippen LogP contribution in [0.25, 0.3) is 6.08 Å². The molecule has 3 aromatic rings. The number of nitro benzene ring substituents is 1. The summed E-state index contributed by atoms with van der Waals surface area (Å²) < 4.78 is 15.6. The molecule has 35 heavy (non-hydrogen) atoms. The summed E-state index contributed by atoms with van der Waals surface area (Å²) in [7, 11) is 1.22. The minimum absolute atomic E-state index is 0.0271. The lowest BCUT2D eigenvalue weighted by Gasteiger charge is -2.09. The summed E-state index contributed by atoms with van der Waals surface area (Å²) >= 11 is 0. The van der Waals surface area contributed by atoms with E-state index < -0.39 is 22.8 Å². The van der Waals surface area contributed by atoms with Gasteiger partial charge >= 0.3 is 12.0 Å². The monoisotopic (exact) mass is 477 g/mol. The Morgan fingerprint density at radius 2 is 1.94 bits per heavy atom. The molecule has 178 valence electrons. The summed E-state index contributed by atoms with van der Waals surface area (Å²) in [5.41, 5.74) is 1.26. The highest BCUT2D eigenvalue weighted by Crippen LogP contribution is 2.22. The van der Waals surface area contributed by atoms with Crippen LogP contribution in [0.4, 0.5) is 10.5 Å². The Labute approximate surface area is 198 Å². The van der Waals surface area contributed by atoms with E-state index >= 15 is 0 Å². The number of benzene rings is 2. The first-order valence-corrected chi connectivity index (χ1v) is 10.3. The molecule has 0 atom stereocenters. The summed E-state index contributed by atoms with van der Waals surface area (Å²) in [6.07, 6.45) is 1.50. The molecule has 2 heterocycles. The third kappa shape index (κ3) is 5.36. The zero-order valence-electron chi connectivity index (χ0n) is 18.4. The number of non-ortho nitro benzene ring substituents is 1. The molecule has 0 spiro atoms. The van der Waals surface area contributed by atoms with Crippen molar-refractivity contribution < 1.29 is 33.2 Å². The molecule has 1 aromatic heterocycles. The molecule has 1 aliphatic rings. The molecule has 1 N–H and O–H groups in total. The average Bonchev–Trinajstić information content (AvgIpc) is 3.43. The number of furan rings is 1. The molecular formula is C24H19N3O8. The molecule has 1 saturated heterocycles. The smallest absolute Gasteiger partial charge is 0.373 e. The normalized spacial score (nSPS) is 14.2. The number of carbonyl (C=O) groups is 3. The van der Waals surface area contributed by atoms with Crippen LogP contribution in [-0.4, -0.2) is 34.8 Å². The second kappa shape index (κ2) is 9.91. The van der Waals surface area contributed by atoms with Crippen LogP contribution in [0.3, 0.4) is 0 Å². The molecule has 1 fully saturated rings. The van der Waals surface area contributed by atoms with Gasteiger partial charge in [0.25, 0.3) is 11.6 Å². The Hall–Kier alpha value is -4.93. The van der Waals surface area contributed by atoms with Gasteiger partial charge in [-0.25, -0.2) is 9.59 Å². The molecule has 11 nitrogen and oxygen atoms in total. The SMILES string of the molecule is COC(=O)c1ccc(CN2C(=O)N/C(=C\c3cccc(OCc4cccc([N+](=O)[O-])c4)c3)C2=O)o1. The highest BCUT2D eigenvalue weighted by molar-refractivity contribution is 6.13. The number of carbonyl (C=O) groups excluding carboxylic acids is 3. The molecule has 2 aromatic carbocycles. The van der Waals surface area contributed by atoms with Gasteiger partial charge in [0.15, 0.2) is 0 Å². The number of esters is 1. The van der Waals surface area contributed by atoms with E-state index in [2.05, 4.69) is 10.1 Å². The van der Waals surface area contributed by atoms with E-state index in [1.54, 1.807) is 36.4 Å². The summed E-state index contributed by atoms with van der Waals surface area (Å²) in [4.78, 5) is 48.0. The predicted molar refractivity (Wildman–Crippen MR) is 121 cm³/mol. The molecule has 0 unspecified atom stereocenters. The van der Waals surface area contributed by atoms with Gasteiger partial charge in [-0.15, -0.1) is 0 Å². The molecule has 4 rings (SSSR count). The van der Waals surface area contributed by atoms with Gasteiger partial charge in [0.05, 0.1) is 18.6 Å². The van der Waals surface area contributed by atoms with Crippen molar-refractivity contribution in [1.29, 1.82) is 0 Å². The van der Waals surface area contributed by atoms with Crippen molar-refractivity contribution in [3.8, 4) is 5.75 Å². The Morgan fingerprint density at radius 1 is 1.14 bits per heavy atom. The Balaban J connectivity index is 1.43. The fraction of sp³-hybridized carbons (Fsp3) is 0.125. The highest BCUT2D eigenvalue weighted by Gasteiger charge is 2.34. The summed E-state index contributed by atoms with van der Waals surface area (Å²) in [6, 6.07) is 15.2. The van der Waals surface area contributed by atoms with Crippen molar-refractivity contribution in [3.05, 3.63) is 99.1 Å². The van der Waals surface area contributed by atoms with Crippen LogP contribution in [0.1, 0.15) is 27.4 Å². The number of ether oxygens (including phenoxy) is 2. The van der Waals surface area contributed by atoms with Crippen molar-refractivity contribution in [2.24, 2.45) is 0 Å². The van der Waals surface area contributed by atoms with E-state index in [1.807, 2.05) is 0 Å². The number of nitrogens with one attached hydrogen (secondary N) is 1. The second-order valence-corrected chi connectivity index (χ2v) is 7.43. The Kier molecular flexibility index (Phi) is 6.58. The average molecular weight is 477 g/mol. The Bertz CT molecular complexity index is 1340. The van der Waals surface area contributed by atoms with Crippen LogP contribution < -0.4 is 10.1 Å². The molecule has 0 radical (unpaired) electrons. The van der Waals surface area contributed by atoms with E-state index in [1.165, 1.54) is 37.5 Å². The van der Waals surface area contributed by atoms with Crippen LogP contribution in [0, 0.1) is 10.1 Å². The van der Waals surface area contributed by atoms with Crippen molar-refractivity contribution in [3.63, 3.8) is 0 Å². The predicted octanol–water partition coefficient (Wildman–Crippen LogP) is 3.65. The molecule has 0 saturated carbocycles. The van der Waals surface area contributed by atoms with E-state index in [-0.39, 0.29) is 36.1 Å². The standard InChI is InChI=1S/C24H19N3O8/c1-33-23(29)21-9-8-19(35-21)13-26-22(28)20(25-24(26)30)12-15-4-3-7-18(11-15)34-14-16-5-2-6-17(10-16)27(31)32/h2-12H,13-14H2,1H3,(H,25,30)/b20-12-.